The molecule has 0 saturated carbocycles. The number of amides is 4. The number of nitrogens with zero attached hydrogens (tertiary/aromatic N) is 2. The minimum Gasteiger partial charge on any atom is -0.351 e. The minimum atomic E-state index is -0.963. The van der Waals surface area contributed by atoms with Crippen molar-refractivity contribution in [2.24, 2.45) is 0 Å². The second-order valence-electron chi connectivity index (χ2n) is 8.06. The van der Waals surface area contributed by atoms with Gasteiger partial charge in [-0.3, -0.25) is 14.5 Å². The van der Waals surface area contributed by atoms with Gasteiger partial charge in [-0.1, -0.05) is 48.0 Å². The van der Waals surface area contributed by atoms with Gasteiger partial charge in [-0.05, 0) is 36.6 Å². The zero-order valence-electron chi connectivity index (χ0n) is 16.7. The monoisotopic (exact) mass is 436 g/mol. The van der Waals surface area contributed by atoms with Gasteiger partial charge in [-0.15, -0.1) is 0 Å². The van der Waals surface area contributed by atoms with E-state index >= 15 is 0 Å². The quantitative estimate of drug-likeness (QED) is 0.616. The molecule has 2 fully saturated rings. The topological polar surface area (TPSA) is 85.5 Å². The normalized spacial score (nSPS) is 18.1. The maximum absolute atomic E-state index is 13.2. The third kappa shape index (κ3) is 3.35. The smallest absolute Gasteiger partial charge is 0.325 e. The highest BCUT2D eigenvalue weighted by molar-refractivity contribution is 6.31. The van der Waals surface area contributed by atoms with Crippen molar-refractivity contribution in [3.05, 3.63) is 70.9 Å². The Balaban J connectivity index is 1.29. The first-order valence-electron chi connectivity index (χ1n) is 10.2. The summed E-state index contributed by atoms with van der Waals surface area (Å²) < 4.78 is 0. The van der Waals surface area contributed by atoms with Gasteiger partial charge in [0.05, 0.1) is 6.54 Å². The van der Waals surface area contributed by atoms with E-state index in [0.29, 0.717) is 36.6 Å². The number of likely N-dealkylation sites (tertiary alicyclic amines) is 1. The standard InChI is InChI=1S/C23H21ClN4O3/c24-17-7-3-1-6-16(17)14-28-21(30)23(26-22(28)31)9-11-27(12-10-23)20(29)19-13-15-5-2-4-8-18(15)25-19/h1-8,13,25H,9-12,14H2,(H,26,31). The van der Waals surface area contributed by atoms with E-state index in [1.165, 1.54) is 4.90 Å². The average molecular weight is 437 g/mol. The van der Waals surface area contributed by atoms with Gasteiger partial charge in [0.1, 0.15) is 11.2 Å². The molecule has 2 aromatic carbocycles. The zero-order chi connectivity index (χ0) is 21.6. The summed E-state index contributed by atoms with van der Waals surface area (Å²) >= 11 is 6.20. The Morgan fingerprint density at radius 3 is 2.48 bits per heavy atom. The molecule has 3 aromatic rings. The number of nitrogens with one attached hydrogen (secondary N) is 2. The summed E-state index contributed by atoms with van der Waals surface area (Å²) in [4.78, 5) is 44.8. The highest BCUT2D eigenvalue weighted by Gasteiger charge is 2.52. The van der Waals surface area contributed by atoms with Crippen molar-refractivity contribution in [3.8, 4) is 0 Å². The fraction of sp³-hybridized carbons (Fsp3) is 0.261. The van der Waals surface area contributed by atoms with E-state index in [2.05, 4.69) is 10.3 Å². The number of rotatable bonds is 3. The lowest BCUT2D eigenvalue weighted by molar-refractivity contribution is -0.133. The van der Waals surface area contributed by atoms with E-state index < -0.39 is 11.6 Å². The molecule has 0 radical (unpaired) electrons. The number of aromatic nitrogens is 1. The Bertz CT molecular complexity index is 1160. The Hall–Kier alpha value is -3.32. The minimum absolute atomic E-state index is 0.101. The number of fused-ring (bicyclic) bond motifs is 1. The molecule has 2 N–H and O–H groups in total. The van der Waals surface area contributed by atoms with Crippen LogP contribution in [0.15, 0.2) is 54.6 Å². The van der Waals surface area contributed by atoms with Gasteiger partial charge in [0.25, 0.3) is 11.8 Å². The molecular weight excluding hydrogens is 416 g/mol. The number of carbonyl (C=O) groups is 3. The molecule has 2 aliphatic rings. The van der Waals surface area contributed by atoms with Crippen molar-refractivity contribution in [1.82, 2.24) is 20.1 Å². The van der Waals surface area contributed by atoms with Crippen LogP contribution in [0.2, 0.25) is 5.02 Å². The second-order valence-corrected chi connectivity index (χ2v) is 8.46. The lowest BCUT2D eigenvalue weighted by atomic mass is 9.87. The van der Waals surface area contributed by atoms with Crippen molar-refractivity contribution in [2.45, 2.75) is 24.9 Å². The molecule has 31 heavy (non-hydrogen) atoms. The molecule has 8 heteroatoms. The highest BCUT2D eigenvalue weighted by atomic mass is 35.5. The van der Waals surface area contributed by atoms with Crippen LogP contribution >= 0.6 is 11.6 Å². The number of halogens is 1. The number of imide groups is 1. The van der Waals surface area contributed by atoms with E-state index in [0.717, 1.165) is 16.5 Å². The summed E-state index contributed by atoms with van der Waals surface area (Å²) in [6, 6.07) is 16.3. The molecule has 158 valence electrons. The van der Waals surface area contributed by atoms with Gasteiger partial charge in [0, 0.05) is 29.0 Å². The summed E-state index contributed by atoms with van der Waals surface area (Å²) in [5.41, 5.74) is 1.19. The number of aromatic amines is 1. The molecule has 0 aliphatic carbocycles. The molecule has 1 spiro atoms. The molecule has 0 atom stereocenters. The van der Waals surface area contributed by atoms with Gasteiger partial charge in [0.2, 0.25) is 0 Å². The van der Waals surface area contributed by atoms with E-state index in [1.54, 1.807) is 23.1 Å². The summed E-state index contributed by atoms with van der Waals surface area (Å²) in [6.07, 6.45) is 0.755. The van der Waals surface area contributed by atoms with Crippen molar-refractivity contribution in [2.75, 3.05) is 13.1 Å². The third-order valence-corrected chi connectivity index (χ3v) is 6.57. The maximum Gasteiger partial charge on any atom is 0.325 e. The summed E-state index contributed by atoms with van der Waals surface area (Å²) in [5.74, 6) is -0.356. The van der Waals surface area contributed by atoms with Crippen LogP contribution < -0.4 is 5.32 Å². The molecule has 1 aromatic heterocycles. The third-order valence-electron chi connectivity index (χ3n) is 6.20. The van der Waals surface area contributed by atoms with Crippen LogP contribution in [-0.2, 0) is 11.3 Å². The molecule has 0 bridgehead atoms. The molecule has 2 saturated heterocycles. The maximum atomic E-state index is 13.2. The largest absolute Gasteiger partial charge is 0.351 e. The van der Waals surface area contributed by atoms with E-state index in [1.807, 2.05) is 36.4 Å². The Labute approximate surface area is 184 Å². The number of hydrogen-bond donors (Lipinski definition) is 2. The van der Waals surface area contributed by atoms with E-state index in [9.17, 15) is 14.4 Å². The number of piperidine rings is 1. The first-order valence-corrected chi connectivity index (χ1v) is 10.6. The van der Waals surface area contributed by atoms with Crippen molar-refractivity contribution < 1.29 is 14.4 Å². The Morgan fingerprint density at radius 2 is 1.74 bits per heavy atom. The van der Waals surface area contributed by atoms with Crippen molar-refractivity contribution in [3.63, 3.8) is 0 Å². The van der Waals surface area contributed by atoms with Gasteiger partial charge in [-0.2, -0.15) is 0 Å². The van der Waals surface area contributed by atoms with E-state index in [4.69, 9.17) is 11.6 Å². The summed E-state index contributed by atoms with van der Waals surface area (Å²) in [7, 11) is 0. The molecule has 5 rings (SSSR count). The number of H-pyrrole nitrogens is 1. The van der Waals surface area contributed by atoms with Crippen LogP contribution in [0.5, 0.6) is 0 Å². The van der Waals surface area contributed by atoms with Crippen molar-refractivity contribution >= 4 is 40.3 Å². The Morgan fingerprint density at radius 1 is 1.03 bits per heavy atom. The fourth-order valence-electron chi connectivity index (χ4n) is 4.41. The molecule has 2 aliphatic heterocycles. The lowest BCUT2D eigenvalue weighted by Crippen LogP contribution is -2.55. The SMILES string of the molecule is O=C(c1cc2ccccc2[nH]1)N1CCC2(CC1)NC(=O)N(Cc1ccccc1Cl)C2=O. The molecule has 4 amide bonds. The number of para-hydroxylation sites is 1. The van der Waals surface area contributed by atoms with Crippen LogP contribution in [0.1, 0.15) is 28.9 Å². The Kier molecular flexibility index (Phi) is 4.70. The van der Waals surface area contributed by atoms with Crippen LogP contribution in [0.25, 0.3) is 10.9 Å². The van der Waals surface area contributed by atoms with Crippen LogP contribution in [-0.4, -0.2) is 51.3 Å². The van der Waals surface area contributed by atoms with Gasteiger partial charge in [-0.25, -0.2) is 4.79 Å². The average Bonchev–Trinajstić information content (AvgIpc) is 3.30. The predicted molar refractivity (Wildman–Crippen MR) is 117 cm³/mol. The van der Waals surface area contributed by atoms with Crippen LogP contribution in [0.3, 0.4) is 0 Å². The molecule has 3 heterocycles. The highest BCUT2D eigenvalue weighted by Crippen LogP contribution is 2.32. The fourth-order valence-corrected chi connectivity index (χ4v) is 4.60. The van der Waals surface area contributed by atoms with Crippen molar-refractivity contribution in [1.29, 1.82) is 0 Å². The first-order chi connectivity index (χ1) is 15.0. The zero-order valence-corrected chi connectivity index (χ0v) is 17.5. The summed E-state index contributed by atoms with van der Waals surface area (Å²) in [5, 5.41) is 4.37. The van der Waals surface area contributed by atoms with Gasteiger partial charge >= 0.3 is 6.03 Å². The van der Waals surface area contributed by atoms with Crippen LogP contribution in [0.4, 0.5) is 4.79 Å². The van der Waals surface area contributed by atoms with E-state index in [-0.39, 0.29) is 18.4 Å². The predicted octanol–water partition coefficient (Wildman–Crippen LogP) is 3.55. The van der Waals surface area contributed by atoms with Gasteiger partial charge < -0.3 is 15.2 Å². The first kappa shape index (κ1) is 19.6. The summed E-state index contributed by atoms with van der Waals surface area (Å²) in [6.45, 7) is 0.907. The lowest BCUT2D eigenvalue weighted by Gasteiger charge is -2.37. The van der Waals surface area contributed by atoms with Crippen LogP contribution in [0, 0.1) is 0 Å². The molecular formula is C23H21ClN4O3. The van der Waals surface area contributed by atoms with Gasteiger partial charge in [0.15, 0.2) is 0 Å². The number of hydrogen-bond acceptors (Lipinski definition) is 3. The number of carbonyl (C=O) groups excluding carboxylic acids is 3. The number of benzene rings is 2. The molecule has 7 nitrogen and oxygen atoms in total. The molecule has 0 unspecified atom stereocenters. The number of urea groups is 1. The second kappa shape index (κ2) is 7.42.